The van der Waals surface area contributed by atoms with E-state index in [1.54, 1.807) is 7.11 Å². The number of methoxy groups -OCH3 is 1. The van der Waals surface area contributed by atoms with Crippen molar-refractivity contribution in [2.75, 3.05) is 20.2 Å². The van der Waals surface area contributed by atoms with Crippen molar-refractivity contribution in [3.05, 3.63) is 0 Å². The molecule has 0 aromatic carbocycles. The smallest absolute Gasteiger partial charge is 0.225 e. The number of hydrogen-bond donors (Lipinski definition) is 0. The molecule has 0 bridgehead atoms. The van der Waals surface area contributed by atoms with E-state index in [2.05, 4.69) is 0 Å². The molecule has 0 unspecified atom stereocenters. The molecule has 3 heteroatoms. The zero-order valence-corrected chi connectivity index (χ0v) is 8.16. The van der Waals surface area contributed by atoms with Crippen LogP contribution in [0.4, 0.5) is 0 Å². The lowest BCUT2D eigenvalue weighted by molar-refractivity contribution is -0.134. The zero-order chi connectivity index (χ0) is 9.26. The van der Waals surface area contributed by atoms with E-state index < -0.39 is 0 Å². The van der Waals surface area contributed by atoms with Gasteiger partial charge in [-0.2, -0.15) is 0 Å². The van der Waals surface area contributed by atoms with E-state index in [9.17, 15) is 4.79 Å². The van der Waals surface area contributed by atoms with Crippen molar-refractivity contribution >= 4 is 5.91 Å². The molecule has 2 aliphatic rings. The summed E-state index contributed by atoms with van der Waals surface area (Å²) >= 11 is 0. The van der Waals surface area contributed by atoms with Gasteiger partial charge in [0, 0.05) is 26.1 Å². The van der Waals surface area contributed by atoms with E-state index >= 15 is 0 Å². The molecular weight excluding hydrogens is 166 g/mol. The third-order valence-corrected chi connectivity index (χ3v) is 3.01. The molecule has 13 heavy (non-hydrogen) atoms. The minimum Gasteiger partial charge on any atom is -0.381 e. The van der Waals surface area contributed by atoms with Gasteiger partial charge in [-0.3, -0.25) is 4.79 Å². The van der Waals surface area contributed by atoms with E-state index in [0.717, 1.165) is 38.8 Å². The fourth-order valence-corrected chi connectivity index (χ4v) is 1.90. The molecule has 1 aliphatic carbocycles. The Hall–Kier alpha value is -0.570. The largest absolute Gasteiger partial charge is 0.381 e. The lowest BCUT2D eigenvalue weighted by Gasteiger charge is -2.31. The van der Waals surface area contributed by atoms with Gasteiger partial charge >= 0.3 is 0 Å². The Morgan fingerprint density at radius 1 is 1.23 bits per heavy atom. The second-order valence-electron chi connectivity index (χ2n) is 4.03. The molecule has 1 heterocycles. The standard InChI is InChI=1S/C10H17NO2/c1-13-9-4-6-11(7-5-9)10(12)8-2-3-8/h8-9H,2-7H2,1H3. The van der Waals surface area contributed by atoms with Crippen molar-refractivity contribution in [3.8, 4) is 0 Å². The highest BCUT2D eigenvalue weighted by atomic mass is 16.5. The Balaban J connectivity index is 1.79. The summed E-state index contributed by atoms with van der Waals surface area (Å²) in [6, 6.07) is 0. The maximum absolute atomic E-state index is 11.6. The fraction of sp³-hybridized carbons (Fsp3) is 0.900. The second-order valence-corrected chi connectivity index (χ2v) is 4.03. The highest BCUT2D eigenvalue weighted by Crippen LogP contribution is 2.31. The number of carbonyl (C=O) groups is 1. The van der Waals surface area contributed by atoms with Crippen LogP contribution in [0.15, 0.2) is 0 Å². The van der Waals surface area contributed by atoms with Crippen molar-refractivity contribution in [1.82, 2.24) is 4.90 Å². The van der Waals surface area contributed by atoms with Crippen molar-refractivity contribution < 1.29 is 9.53 Å². The Bertz CT molecular complexity index is 193. The number of ether oxygens (including phenoxy) is 1. The van der Waals surface area contributed by atoms with E-state index in [4.69, 9.17) is 4.74 Å². The summed E-state index contributed by atoms with van der Waals surface area (Å²) in [5, 5.41) is 0. The van der Waals surface area contributed by atoms with Gasteiger partial charge in [0.2, 0.25) is 5.91 Å². The number of nitrogens with zero attached hydrogens (tertiary/aromatic N) is 1. The van der Waals surface area contributed by atoms with Gasteiger partial charge in [0.25, 0.3) is 0 Å². The molecule has 1 aliphatic heterocycles. The quantitative estimate of drug-likeness (QED) is 0.640. The maximum Gasteiger partial charge on any atom is 0.225 e. The summed E-state index contributed by atoms with van der Waals surface area (Å²) in [6.45, 7) is 1.79. The van der Waals surface area contributed by atoms with Gasteiger partial charge in [-0.15, -0.1) is 0 Å². The minimum absolute atomic E-state index is 0.374. The van der Waals surface area contributed by atoms with Crippen molar-refractivity contribution in [2.24, 2.45) is 5.92 Å². The van der Waals surface area contributed by atoms with Gasteiger partial charge in [-0.1, -0.05) is 0 Å². The lowest BCUT2D eigenvalue weighted by Crippen LogP contribution is -2.41. The van der Waals surface area contributed by atoms with E-state index in [0.29, 0.717) is 17.9 Å². The van der Waals surface area contributed by atoms with Crippen LogP contribution in [0.1, 0.15) is 25.7 Å². The summed E-state index contributed by atoms with van der Waals surface area (Å²) in [6.07, 6.45) is 4.62. The van der Waals surface area contributed by atoms with Crippen LogP contribution in [0.25, 0.3) is 0 Å². The normalized spacial score (nSPS) is 24.8. The number of carbonyl (C=O) groups excluding carboxylic acids is 1. The van der Waals surface area contributed by atoms with E-state index in [1.165, 1.54) is 0 Å². The molecule has 2 rings (SSSR count). The summed E-state index contributed by atoms with van der Waals surface area (Å²) in [4.78, 5) is 13.6. The molecule has 74 valence electrons. The average molecular weight is 183 g/mol. The first-order valence-electron chi connectivity index (χ1n) is 5.13. The number of likely N-dealkylation sites (tertiary alicyclic amines) is 1. The molecule has 1 saturated heterocycles. The van der Waals surface area contributed by atoms with E-state index in [-0.39, 0.29) is 0 Å². The molecular formula is C10H17NO2. The summed E-state index contributed by atoms with van der Waals surface area (Å²) in [7, 11) is 1.75. The average Bonchev–Trinajstić information content (AvgIpc) is 3.00. The monoisotopic (exact) mass is 183 g/mol. The van der Waals surface area contributed by atoms with Gasteiger partial charge in [-0.05, 0) is 25.7 Å². The SMILES string of the molecule is COC1CCN(C(=O)C2CC2)CC1. The third kappa shape index (κ3) is 2.02. The third-order valence-electron chi connectivity index (χ3n) is 3.01. The van der Waals surface area contributed by atoms with Gasteiger partial charge < -0.3 is 9.64 Å². The second kappa shape index (κ2) is 3.66. The zero-order valence-electron chi connectivity index (χ0n) is 8.16. The van der Waals surface area contributed by atoms with Gasteiger partial charge in [0.1, 0.15) is 0 Å². The van der Waals surface area contributed by atoms with Crippen LogP contribution in [-0.4, -0.2) is 37.1 Å². The molecule has 0 atom stereocenters. The number of amides is 1. The first-order valence-corrected chi connectivity index (χ1v) is 5.13. The minimum atomic E-state index is 0.374. The molecule has 0 aromatic rings. The Morgan fingerprint density at radius 3 is 2.31 bits per heavy atom. The molecule has 1 saturated carbocycles. The fourth-order valence-electron chi connectivity index (χ4n) is 1.90. The summed E-state index contributed by atoms with van der Waals surface area (Å²) in [5.41, 5.74) is 0. The predicted octanol–water partition coefficient (Wildman–Crippen LogP) is 1.03. The molecule has 0 radical (unpaired) electrons. The van der Waals surface area contributed by atoms with Crippen molar-refractivity contribution in [1.29, 1.82) is 0 Å². The molecule has 0 N–H and O–H groups in total. The van der Waals surface area contributed by atoms with Crippen LogP contribution < -0.4 is 0 Å². The number of hydrogen-bond acceptors (Lipinski definition) is 2. The molecule has 0 aromatic heterocycles. The molecule has 3 nitrogen and oxygen atoms in total. The van der Waals surface area contributed by atoms with Gasteiger partial charge in [-0.25, -0.2) is 0 Å². The highest BCUT2D eigenvalue weighted by molar-refractivity contribution is 5.81. The Labute approximate surface area is 79.0 Å². The summed E-state index contributed by atoms with van der Waals surface area (Å²) < 4.78 is 5.26. The number of piperidine rings is 1. The van der Waals surface area contributed by atoms with Gasteiger partial charge in [0.05, 0.1) is 6.10 Å². The highest BCUT2D eigenvalue weighted by Gasteiger charge is 2.34. The Morgan fingerprint density at radius 2 is 1.85 bits per heavy atom. The van der Waals surface area contributed by atoms with Crippen molar-refractivity contribution in [3.63, 3.8) is 0 Å². The van der Waals surface area contributed by atoms with Crippen molar-refractivity contribution in [2.45, 2.75) is 31.8 Å². The Kier molecular flexibility index (Phi) is 2.54. The van der Waals surface area contributed by atoms with Crippen LogP contribution in [0.5, 0.6) is 0 Å². The van der Waals surface area contributed by atoms with Crippen LogP contribution in [0.3, 0.4) is 0 Å². The maximum atomic E-state index is 11.6. The molecule has 0 spiro atoms. The topological polar surface area (TPSA) is 29.5 Å². The van der Waals surface area contributed by atoms with Gasteiger partial charge in [0.15, 0.2) is 0 Å². The summed E-state index contributed by atoms with van der Waals surface area (Å²) in [5.74, 6) is 0.758. The molecule has 2 fully saturated rings. The van der Waals surface area contributed by atoms with E-state index in [1.807, 2.05) is 4.90 Å². The van der Waals surface area contributed by atoms with Crippen LogP contribution in [0.2, 0.25) is 0 Å². The number of rotatable bonds is 2. The molecule has 1 amide bonds. The lowest BCUT2D eigenvalue weighted by atomic mass is 10.1. The predicted molar refractivity (Wildman–Crippen MR) is 49.3 cm³/mol. The van der Waals surface area contributed by atoms with Crippen LogP contribution in [-0.2, 0) is 9.53 Å². The van der Waals surface area contributed by atoms with Crippen LogP contribution >= 0.6 is 0 Å². The first kappa shape index (κ1) is 9.00. The first-order chi connectivity index (χ1) is 6.31. The van der Waals surface area contributed by atoms with Crippen LogP contribution in [0, 0.1) is 5.92 Å².